The Labute approximate surface area is 104 Å². The second kappa shape index (κ2) is 6.46. The molecule has 0 saturated heterocycles. The molecule has 0 amide bonds. The van der Waals surface area contributed by atoms with Crippen LogP contribution >= 0.6 is 11.8 Å². The average molecular weight is 257 g/mol. The third-order valence-electron chi connectivity index (χ3n) is 2.26. The van der Waals surface area contributed by atoms with Crippen molar-refractivity contribution in [2.45, 2.75) is 17.9 Å². The summed E-state index contributed by atoms with van der Waals surface area (Å²) in [7, 11) is 1.53. The van der Waals surface area contributed by atoms with Gasteiger partial charge in [-0.1, -0.05) is 6.92 Å². The van der Waals surface area contributed by atoms with Crippen LogP contribution in [0.1, 0.15) is 12.5 Å². The number of ether oxygens (including phenoxy) is 1. The van der Waals surface area contributed by atoms with Crippen LogP contribution < -0.4 is 4.74 Å². The number of benzene rings is 1. The highest BCUT2D eigenvalue weighted by atomic mass is 32.2. The average Bonchev–Trinajstić information content (AvgIpc) is 2.35. The molecule has 1 aromatic carbocycles. The highest BCUT2D eigenvalue weighted by molar-refractivity contribution is 7.99. The summed E-state index contributed by atoms with van der Waals surface area (Å²) in [5.41, 5.74) is 0.824. The van der Waals surface area contributed by atoms with Crippen LogP contribution in [-0.4, -0.2) is 29.0 Å². The van der Waals surface area contributed by atoms with Gasteiger partial charge in [-0.15, -0.1) is 0 Å². The van der Waals surface area contributed by atoms with Gasteiger partial charge in [0.1, 0.15) is 5.75 Å². The minimum Gasteiger partial charge on any atom is -0.496 e. The summed E-state index contributed by atoms with van der Waals surface area (Å²) < 4.78 is 5.15. The van der Waals surface area contributed by atoms with Crippen LogP contribution in [0.25, 0.3) is 0 Å². The topological polar surface area (TPSA) is 72.6 Å². The van der Waals surface area contributed by atoms with E-state index in [9.17, 15) is 10.1 Å². The Morgan fingerprint density at radius 3 is 2.82 bits per heavy atom. The largest absolute Gasteiger partial charge is 0.496 e. The standard InChI is InChI=1S/C11H15NO4S/c1-8(6-13)17-7-9-5-10(12(14)15)3-4-11(9)16-2/h3-5,8,13H,6-7H2,1-2H3. The summed E-state index contributed by atoms with van der Waals surface area (Å²) in [6.07, 6.45) is 0. The molecule has 1 unspecified atom stereocenters. The van der Waals surface area contributed by atoms with E-state index in [1.165, 1.54) is 31.0 Å². The predicted molar refractivity (Wildman–Crippen MR) is 67.5 cm³/mol. The molecule has 1 aromatic rings. The number of hydrogen-bond acceptors (Lipinski definition) is 5. The first-order valence-corrected chi connectivity index (χ1v) is 6.17. The molecule has 1 rings (SSSR count). The molecular weight excluding hydrogens is 242 g/mol. The van der Waals surface area contributed by atoms with Gasteiger partial charge < -0.3 is 9.84 Å². The van der Waals surface area contributed by atoms with E-state index in [0.717, 1.165) is 5.56 Å². The Morgan fingerprint density at radius 1 is 1.59 bits per heavy atom. The van der Waals surface area contributed by atoms with E-state index in [1.807, 2.05) is 6.92 Å². The van der Waals surface area contributed by atoms with Gasteiger partial charge >= 0.3 is 0 Å². The van der Waals surface area contributed by atoms with Crippen molar-refractivity contribution in [1.29, 1.82) is 0 Å². The van der Waals surface area contributed by atoms with Gasteiger partial charge in [-0.25, -0.2) is 0 Å². The van der Waals surface area contributed by atoms with Crippen molar-refractivity contribution in [3.63, 3.8) is 0 Å². The predicted octanol–water partition coefficient (Wildman–Crippen LogP) is 2.22. The first kappa shape index (κ1) is 13.8. The Bertz CT molecular complexity index is 397. The van der Waals surface area contributed by atoms with Gasteiger partial charge in [0.05, 0.1) is 18.6 Å². The van der Waals surface area contributed by atoms with Crippen LogP contribution in [0.5, 0.6) is 5.75 Å². The summed E-state index contributed by atoms with van der Waals surface area (Å²) in [5, 5.41) is 19.7. The third-order valence-corrected chi connectivity index (χ3v) is 3.45. The van der Waals surface area contributed by atoms with Gasteiger partial charge in [-0.2, -0.15) is 11.8 Å². The maximum absolute atomic E-state index is 10.7. The van der Waals surface area contributed by atoms with Crippen LogP contribution in [0, 0.1) is 10.1 Å². The lowest BCUT2D eigenvalue weighted by atomic mass is 10.2. The second-order valence-corrected chi connectivity index (χ2v) is 4.98. The Balaban J connectivity index is 2.86. The van der Waals surface area contributed by atoms with E-state index in [2.05, 4.69) is 0 Å². The Hall–Kier alpha value is -1.27. The molecule has 0 fully saturated rings. The molecule has 0 aliphatic rings. The zero-order valence-electron chi connectivity index (χ0n) is 9.75. The molecule has 1 atom stereocenters. The van der Waals surface area contributed by atoms with Crippen LogP contribution in [0.3, 0.4) is 0 Å². The number of nitro benzene ring substituents is 1. The molecule has 0 aliphatic carbocycles. The lowest BCUT2D eigenvalue weighted by Gasteiger charge is -2.10. The quantitative estimate of drug-likeness (QED) is 0.625. The van der Waals surface area contributed by atoms with Crippen molar-refractivity contribution in [3.8, 4) is 5.75 Å². The van der Waals surface area contributed by atoms with E-state index < -0.39 is 4.92 Å². The SMILES string of the molecule is COc1ccc([N+](=O)[O-])cc1CSC(C)CO. The highest BCUT2D eigenvalue weighted by Crippen LogP contribution is 2.28. The number of aliphatic hydroxyl groups excluding tert-OH is 1. The minimum absolute atomic E-state index is 0.0538. The molecule has 0 aliphatic heterocycles. The molecule has 0 saturated carbocycles. The molecule has 94 valence electrons. The van der Waals surface area contributed by atoms with Crippen molar-refractivity contribution < 1.29 is 14.8 Å². The summed E-state index contributed by atoms with van der Waals surface area (Å²) in [6.45, 7) is 1.98. The molecule has 17 heavy (non-hydrogen) atoms. The van der Waals surface area contributed by atoms with E-state index in [0.29, 0.717) is 11.5 Å². The second-order valence-electron chi connectivity index (χ2n) is 3.56. The minimum atomic E-state index is -0.428. The normalized spacial score (nSPS) is 12.2. The number of nitro groups is 1. The molecule has 0 aromatic heterocycles. The lowest BCUT2D eigenvalue weighted by molar-refractivity contribution is -0.384. The van der Waals surface area contributed by atoms with Gasteiger partial charge in [0.15, 0.2) is 0 Å². The van der Waals surface area contributed by atoms with Crippen LogP contribution in [0.2, 0.25) is 0 Å². The van der Waals surface area contributed by atoms with Crippen molar-refractivity contribution in [2.24, 2.45) is 0 Å². The lowest BCUT2D eigenvalue weighted by Crippen LogP contribution is -2.03. The van der Waals surface area contributed by atoms with Crippen LogP contribution in [-0.2, 0) is 5.75 Å². The number of thioether (sulfide) groups is 1. The molecule has 0 spiro atoms. The number of methoxy groups -OCH3 is 1. The molecular formula is C11H15NO4S. The fraction of sp³-hybridized carbons (Fsp3) is 0.455. The Kier molecular flexibility index (Phi) is 5.24. The fourth-order valence-corrected chi connectivity index (χ4v) is 2.07. The summed E-state index contributed by atoms with van der Waals surface area (Å²) >= 11 is 1.53. The molecule has 0 radical (unpaired) electrons. The summed E-state index contributed by atoms with van der Waals surface area (Å²) in [5.74, 6) is 1.21. The molecule has 0 heterocycles. The third kappa shape index (κ3) is 3.90. The number of aliphatic hydroxyl groups is 1. The number of rotatable bonds is 6. The van der Waals surface area contributed by atoms with Gasteiger partial charge in [-0.05, 0) is 6.07 Å². The number of non-ortho nitro benzene ring substituents is 1. The van der Waals surface area contributed by atoms with Gasteiger partial charge in [0.25, 0.3) is 5.69 Å². The monoisotopic (exact) mass is 257 g/mol. The zero-order valence-corrected chi connectivity index (χ0v) is 10.6. The maximum Gasteiger partial charge on any atom is 0.270 e. The van der Waals surface area contributed by atoms with E-state index in [1.54, 1.807) is 6.07 Å². The van der Waals surface area contributed by atoms with Crippen LogP contribution in [0.15, 0.2) is 18.2 Å². The van der Waals surface area contributed by atoms with E-state index in [4.69, 9.17) is 9.84 Å². The maximum atomic E-state index is 10.7. The Morgan fingerprint density at radius 2 is 2.29 bits per heavy atom. The highest BCUT2D eigenvalue weighted by Gasteiger charge is 2.12. The van der Waals surface area contributed by atoms with Crippen molar-refractivity contribution in [2.75, 3.05) is 13.7 Å². The van der Waals surface area contributed by atoms with Gasteiger partial charge in [0.2, 0.25) is 0 Å². The number of hydrogen-bond donors (Lipinski definition) is 1. The van der Waals surface area contributed by atoms with Gasteiger partial charge in [0, 0.05) is 28.7 Å². The summed E-state index contributed by atoms with van der Waals surface area (Å²) in [4.78, 5) is 10.2. The van der Waals surface area contributed by atoms with Crippen molar-refractivity contribution in [3.05, 3.63) is 33.9 Å². The molecule has 0 bridgehead atoms. The summed E-state index contributed by atoms with van der Waals surface area (Å²) in [6, 6.07) is 4.52. The molecule has 6 heteroatoms. The van der Waals surface area contributed by atoms with E-state index >= 15 is 0 Å². The first-order valence-electron chi connectivity index (χ1n) is 5.12. The van der Waals surface area contributed by atoms with Gasteiger partial charge in [-0.3, -0.25) is 10.1 Å². The fourth-order valence-electron chi connectivity index (χ4n) is 1.28. The molecule has 1 N–H and O–H groups in total. The molecule has 5 nitrogen and oxygen atoms in total. The first-order chi connectivity index (χ1) is 8.08. The van der Waals surface area contributed by atoms with Crippen LogP contribution in [0.4, 0.5) is 5.69 Å². The number of nitrogens with zero attached hydrogens (tertiary/aromatic N) is 1. The zero-order chi connectivity index (χ0) is 12.8. The van der Waals surface area contributed by atoms with E-state index in [-0.39, 0.29) is 17.5 Å². The smallest absolute Gasteiger partial charge is 0.270 e. The van der Waals surface area contributed by atoms with Crippen molar-refractivity contribution in [1.82, 2.24) is 0 Å². The van der Waals surface area contributed by atoms with Crippen molar-refractivity contribution >= 4 is 17.4 Å².